The summed E-state index contributed by atoms with van der Waals surface area (Å²) in [5, 5.41) is 0. The highest BCUT2D eigenvalue weighted by Gasteiger charge is 1.94. The predicted molar refractivity (Wildman–Crippen MR) is 40.5 cm³/mol. The first-order valence-corrected chi connectivity index (χ1v) is 3.10. The van der Waals surface area contributed by atoms with Crippen LogP contribution in [-0.2, 0) is 0 Å². The summed E-state index contributed by atoms with van der Waals surface area (Å²) in [6.45, 7) is 1.90. The van der Waals surface area contributed by atoms with E-state index in [2.05, 4.69) is 0 Å². The van der Waals surface area contributed by atoms with Crippen molar-refractivity contribution in [3.8, 4) is 5.75 Å². The quantitative estimate of drug-likeness (QED) is 0.580. The van der Waals surface area contributed by atoms with Gasteiger partial charge in [0.25, 0.3) is 0 Å². The van der Waals surface area contributed by atoms with Crippen LogP contribution in [0.2, 0.25) is 0 Å². The minimum Gasteiger partial charge on any atom is -0.497 e. The lowest BCUT2D eigenvalue weighted by Crippen LogP contribution is -1.83. The van der Waals surface area contributed by atoms with Gasteiger partial charge < -0.3 is 10.5 Å². The van der Waals surface area contributed by atoms with E-state index in [4.69, 9.17) is 10.5 Å². The summed E-state index contributed by atoms with van der Waals surface area (Å²) in [6.07, 6.45) is 0. The van der Waals surface area contributed by atoms with Gasteiger partial charge in [-0.25, -0.2) is 0 Å². The fraction of sp³-hybridized carbons (Fsp3) is 0.250. The molecule has 0 aliphatic heterocycles. The Balaban J connectivity index is 3.04. The molecule has 0 amide bonds. The normalized spacial score (nSPS) is 9.40. The highest BCUT2D eigenvalue weighted by molar-refractivity contribution is 5.47. The van der Waals surface area contributed by atoms with Crippen LogP contribution < -0.4 is 10.5 Å². The van der Waals surface area contributed by atoms with Gasteiger partial charge in [-0.1, -0.05) is 6.07 Å². The molecule has 1 aromatic rings. The fourth-order valence-corrected chi connectivity index (χ4v) is 0.728. The summed E-state index contributed by atoms with van der Waals surface area (Å²) in [4.78, 5) is 0. The van der Waals surface area contributed by atoms with Crippen molar-refractivity contribution in [2.24, 2.45) is 0 Å². The third kappa shape index (κ3) is 1.21. The molecule has 2 nitrogen and oxygen atoms in total. The number of benzene rings is 1. The number of nitrogens with one attached hydrogen (secondary N) is 1. The number of hydrogen-bond acceptors (Lipinski definition) is 1. The van der Waals surface area contributed by atoms with Gasteiger partial charge in [0.2, 0.25) is 0 Å². The lowest BCUT2D eigenvalue weighted by atomic mass is 10.2. The van der Waals surface area contributed by atoms with Crippen molar-refractivity contribution in [3.05, 3.63) is 23.8 Å². The van der Waals surface area contributed by atoms with Gasteiger partial charge in [-0.3, -0.25) is 0 Å². The smallest absolute Gasteiger partial charge is 0.121 e. The summed E-state index contributed by atoms with van der Waals surface area (Å²) in [6, 6.07) is 5.43. The van der Waals surface area contributed by atoms with Gasteiger partial charge in [-0.15, -0.1) is 0 Å². The molecule has 0 spiro atoms. The van der Waals surface area contributed by atoms with E-state index >= 15 is 0 Å². The second-order valence-corrected chi connectivity index (χ2v) is 2.18. The van der Waals surface area contributed by atoms with Crippen LogP contribution in [-0.4, -0.2) is 7.11 Å². The van der Waals surface area contributed by atoms with Crippen molar-refractivity contribution in [2.45, 2.75) is 6.92 Å². The van der Waals surface area contributed by atoms with E-state index in [9.17, 15) is 0 Å². The van der Waals surface area contributed by atoms with Crippen LogP contribution in [0.1, 0.15) is 5.56 Å². The minimum atomic E-state index is 0.527. The second kappa shape index (κ2) is 2.60. The molecule has 10 heavy (non-hydrogen) atoms. The summed E-state index contributed by atoms with van der Waals surface area (Å²) >= 11 is 0. The van der Waals surface area contributed by atoms with Crippen LogP contribution in [0.5, 0.6) is 5.75 Å². The maximum atomic E-state index is 7.38. The summed E-state index contributed by atoms with van der Waals surface area (Å²) < 4.78 is 4.93. The van der Waals surface area contributed by atoms with Gasteiger partial charge in [0.1, 0.15) is 5.75 Å². The molecule has 0 fully saturated rings. The Morgan fingerprint density at radius 3 is 2.60 bits per heavy atom. The van der Waals surface area contributed by atoms with E-state index in [1.54, 1.807) is 13.2 Å². The molecule has 53 valence electrons. The Bertz CT molecular complexity index is 233. The Morgan fingerprint density at radius 1 is 1.40 bits per heavy atom. The largest absolute Gasteiger partial charge is 0.497 e. The van der Waals surface area contributed by atoms with Gasteiger partial charge in [0, 0.05) is 6.07 Å². The van der Waals surface area contributed by atoms with Crippen LogP contribution >= 0.6 is 0 Å². The first kappa shape index (κ1) is 6.93. The molecular formula is C8H10NO. The zero-order valence-electron chi connectivity index (χ0n) is 6.14. The van der Waals surface area contributed by atoms with Crippen LogP contribution in [0.4, 0.5) is 5.69 Å². The first-order valence-electron chi connectivity index (χ1n) is 3.10. The van der Waals surface area contributed by atoms with E-state index in [1.165, 1.54) is 0 Å². The highest BCUT2D eigenvalue weighted by atomic mass is 16.5. The zero-order chi connectivity index (χ0) is 7.56. The Labute approximate surface area is 60.6 Å². The molecule has 0 saturated carbocycles. The monoisotopic (exact) mass is 136 g/mol. The summed E-state index contributed by atoms with van der Waals surface area (Å²) in [5.41, 5.74) is 8.88. The molecule has 0 bridgehead atoms. The number of rotatable bonds is 1. The standard InChI is InChI=1S/C8H10NO/c1-6-3-4-7(10-2)5-8(6)9/h3-5,9H,1-2H3. The van der Waals surface area contributed by atoms with Gasteiger partial charge in [-0.2, -0.15) is 0 Å². The van der Waals surface area contributed by atoms with E-state index < -0.39 is 0 Å². The Morgan fingerprint density at radius 2 is 2.10 bits per heavy atom. The van der Waals surface area contributed by atoms with Crippen molar-refractivity contribution in [1.29, 1.82) is 0 Å². The SMILES string of the molecule is COc1ccc(C)c([NH])c1. The average molecular weight is 136 g/mol. The Kier molecular flexibility index (Phi) is 1.81. The molecule has 1 rings (SSSR count). The number of hydrogen-bond donors (Lipinski definition) is 0. The molecule has 0 saturated heterocycles. The summed E-state index contributed by atoms with van der Waals surface area (Å²) in [7, 11) is 1.60. The van der Waals surface area contributed by atoms with E-state index in [0.29, 0.717) is 5.69 Å². The van der Waals surface area contributed by atoms with Gasteiger partial charge >= 0.3 is 0 Å². The minimum absolute atomic E-state index is 0.527. The van der Waals surface area contributed by atoms with Crippen LogP contribution in [0, 0.1) is 6.92 Å². The number of ether oxygens (including phenoxy) is 1. The Hall–Kier alpha value is -1.18. The van der Waals surface area contributed by atoms with Crippen molar-refractivity contribution in [1.82, 2.24) is 5.73 Å². The van der Waals surface area contributed by atoms with Crippen molar-refractivity contribution >= 4 is 5.69 Å². The van der Waals surface area contributed by atoms with Gasteiger partial charge in [0.05, 0.1) is 12.8 Å². The fourth-order valence-electron chi connectivity index (χ4n) is 0.728. The highest BCUT2D eigenvalue weighted by Crippen LogP contribution is 2.19. The van der Waals surface area contributed by atoms with E-state index in [1.807, 2.05) is 19.1 Å². The average Bonchev–Trinajstić information content (AvgIpc) is 1.95. The maximum Gasteiger partial charge on any atom is 0.121 e. The first-order chi connectivity index (χ1) is 4.74. The van der Waals surface area contributed by atoms with E-state index in [0.717, 1.165) is 11.3 Å². The molecule has 0 unspecified atom stereocenters. The topological polar surface area (TPSA) is 33.0 Å². The van der Waals surface area contributed by atoms with Gasteiger partial charge in [-0.05, 0) is 18.6 Å². The molecular weight excluding hydrogens is 126 g/mol. The number of methoxy groups -OCH3 is 1. The van der Waals surface area contributed by atoms with Crippen LogP contribution in [0.25, 0.3) is 0 Å². The molecule has 1 N–H and O–H groups in total. The lowest BCUT2D eigenvalue weighted by Gasteiger charge is -2.01. The van der Waals surface area contributed by atoms with Crippen molar-refractivity contribution < 1.29 is 4.74 Å². The van der Waals surface area contributed by atoms with Crippen LogP contribution in [0.15, 0.2) is 18.2 Å². The van der Waals surface area contributed by atoms with Crippen molar-refractivity contribution in [3.63, 3.8) is 0 Å². The van der Waals surface area contributed by atoms with Crippen molar-refractivity contribution in [2.75, 3.05) is 7.11 Å². The molecule has 0 atom stereocenters. The van der Waals surface area contributed by atoms with Gasteiger partial charge in [0.15, 0.2) is 0 Å². The molecule has 2 heteroatoms. The molecule has 1 aromatic carbocycles. The third-order valence-electron chi connectivity index (χ3n) is 1.44. The van der Waals surface area contributed by atoms with Crippen LogP contribution in [0.3, 0.4) is 0 Å². The molecule has 0 heterocycles. The number of aryl methyl sites for hydroxylation is 1. The predicted octanol–water partition coefficient (Wildman–Crippen LogP) is 1.92. The molecule has 0 aromatic heterocycles. The second-order valence-electron chi connectivity index (χ2n) is 2.18. The maximum absolute atomic E-state index is 7.38. The molecule has 0 aliphatic carbocycles. The summed E-state index contributed by atoms with van der Waals surface area (Å²) in [5.74, 6) is 0.746. The zero-order valence-corrected chi connectivity index (χ0v) is 6.14. The third-order valence-corrected chi connectivity index (χ3v) is 1.44. The lowest BCUT2D eigenvalue weighted by molar-refractivity contribution is 0.415. The molecule has 1 radical (unpaired) electrons. The van der Waals surface area contributed by atoms with E-state index in [-0.39, 0.29) is 0 Å². The molecule has 0 aliphatic rings.